The molecule has 1 amide bonds. The predicted octanol–water partition coefficient (Wildman–Crippen LogP) is 4.07. The van der Waals surface area contributed by atoms with Gasteiger partial charge in [-0.2, -0.15) is 0 Å². The molecule has 6 nitrogen and oxygen atoms in total. The number of benzene rings is 2. The summed E-state index contributed by atoms with van der Waals surface area (Å²) in [6, 6.07) is 20.0. The zero-order valence-electron chi connectivity index (χ0n) is 16.4. The van der Waals surface area contributed by atoms with Crippen LogP contribution in [0.2, 0.25) is 0 Å². The lowest BCUT2D eigenvalue weighted by molar-refractivity contribution is -0.117. The average molecular weight is 410 g/mol. The van der Waals surface area contributed by atoms with Crippen LogP contribution in [0.4, 0.5) is 5.69 Å². The third-order valence-corrected chi connectivity index (χ3v) is 6.33. The molecule has 150 valence electrons. The van der Waals surface area contributed by atoms with Gasteiger partial charge in [-0.1, -0.05) is 56.3 Å². The first-order valence-electron chi connectivity index (χ1n) is 9.47. The number of nitrogens with zero attached hydrogens (tertiary/aromatic N) is 2. The van der Waals surface area contributed by atoms with Gasteiger partial charge < -0.3 is 5.32 Å². The summed E-state index contributed by atoms with van der Waals surface area (Å²) in [5, 5.41) is 10.8. The van der Waals surface area contributed by atoms with Gasteiger partial charge in [0.05, 0.1) is 17.4 Å². The Kier molecular flexibility index (Phi) is 6.39. The van der Waals surface area contributed by atoms with Crippen molar-refractivity contribution in [3.8, 4) is 11.3 Å². The maximum Gasteiger partial charge on any atom is 0.231 e. The van der Waals surface area contributed by atoms with Crippen molar-refractivity contribution >= 4 is 21.4 Å². The molecule has 1 aromatic heterocycles. The normalized spacial score (nSPS) is 12.3. The molecule has 0 bridgehead atoms. The molecule has 0 saturated carbocycles. The van der Waals surface area contributed by atoms with Gasteiger partial charge in [-0.05, 0) is 36.2 Å². The number of sulfone groups is 1. The van der Waals surface area contributed by atoms with Gasteiger partial charge in [0, 0.05) is 11.3 Å². The van der Waals surface area contributed by atoms with Crippen LogP contribution in [-0.4, -0.2) is 30.3 Å². The fourth-order valence-corrected chi connectivity index (χ4v) is 3.74. The van der Waals surface area contributed by atoms with Gasteiger partial charge in [-0.3, -0.25) is 4.79 Å². The largest absolute Gasteiger partial charge is 0.326 e. The summed E-state index contributed by atoms with van der Waals surface area (Å²) in [7, 11) is -3.37. The molecule has 2 aromatic carbocycles. The average Bonchev–Trinajstić information content (AvgIpc) is 2.76. The van der Waals surface area contributed by atoms with Gasteiger partial charge >= 0.3 is 0 Å². The molecular weight excluding hydrogens is 386 g/mol. The van der Waals surface area contributed by atoms with Crippen LogP contribution in [0.15, 0.2) is 71.8 Å². The van der Waals surface area contributed by atoms with E-state index in [4.69, 9.17) is 0 Å². The van der Waals surface area contributed by atoms with Crippen molar-refractivity contribution in [1.82, 2.24) is 10.2 Å². The standard InChI is InChI=1S/C22H23N3O3S/c1-3-19(16-8-6-5-7-9-16)22(26)23-18-12-10-17(11-13-18)20-14-15-21(25-24-20)29(27,28)4-2/h5-15,19H,3-4H2,1-2H3,(H,23,26)/t19-/m1/s1. The summed E-state index contributed by atoms with van der Waals surface area (Å²) < 4.78 is 23.7. The highest BCUT2D eigenvalue weighted by atomic mass is 32.2. The van der Waals surface area contributed by atoms with Crippen molar-refractivity contribution < 1.29 is 13.2 Å². The number of nitrogens with one attached hydrogen (secondary N) is 1. The van der Waals surface area contributed by atoms with Gasteiger partial charge in [-0.15, -0.1) is 10.2 Å². The first kappa shape index (κ1) is 20.7. The fourth-order valence-electron chi connectivity index (χ4n) is 3.00. The van der Waals surface area contributed by atoms with Crippen molar-refractivity contribution in [2.45, 2.75) is 31.2 Å². The molecule has 0 unspecified atom stereocenters. The van der Waals surface area contributed by atoms with E-state index in [2.05, 4.69) is 15.5 Å². The molecule has 1 heterocycles. The van der Waals surface area contributed by atoms with E-state index in [1.54, 1.807) is 25.1 Å². The van der Waals surface area contributed by atoms with Crippen molar-refractivity contribution in [2.24, 2.45) is 0 Å². The van der Waals surface area contributed by atoms with Crippen LogP contribution in [0.5, 0.6) is 0 Å². The Morgan fingerprint density at radius 1 is 0.931 bits per heavy atom. The molecule has 1 atom stereocenters. The van der Waals surface area contributed by atoms with E-state index < -0.39 is 9.84 Å². The molecule has 0 aliphatic carbocycles. The third-order valence-electron chi connectivity index (χ3n) is 4.71. The minimum atomic E-state index is -3.37. The Labute approximate surface area is 170 Å². The van der Waals surface area contributed by atoms with E-state index in [1.165, 1.54) is 6.07 Å². The van der Waals surface area contributed by atoms with E-state index in [9.17, 15) is 13.2 Å². The maximum absolute atomic E-state index is 12.7. The highest BCUT2D eigenvalue weighted by molar-refractivity contribution is 7.91. The molecule has 7 heteroatoms. The Morgan fingerprint density at radius 3 is 2.17 bits per heavy atom. The molecule has 0 fully saturated rings. The molecule has 3 rings (SSSR count). The van der Waals surface area contributed by atoms with Gasteiger partial charge in [0.2, 0.25) is 5.91 Å². The van der Waals surface area contributed by atoms with E-state index in [0.29, 0.717) is 17.8 Å². The lowest BCUT2D eigenvalue weighted by atomic mass is 9.95. The summed E-state index contributed by atoms with van der Waals surface area (Å²) in [5.74, 6) is -0.285. The van der Waals surface area contributed by atoms with Crippen molar-refractivity contribution in [3.63, 3.8) is 0 Å². The number of aromatic nitrogens is 2. The molecule has 0 aliphatic heterocycles. The summed E-state index contributed by atoms with van der Waals surface area (Å²) in [6.07, 6.45) is 0.705. The second kappa shape index (κ2) is 8.96. The van der Waals surface area contributed by atoms with Gasteiger partial charge in [-0.25, -0.2) is 8.42 Å². The van der Waals surface area contributed by atoms with Crippen LogP contribution in [-0.2, 0) is 14.6 Å². The highest BCUT2D eigenvalue weighted by Crippen LogP contribution is 2.23. The molecule has 0 spiro atoms. The molecule has 1 N–H and O–H groups in total. The summed E-state index contributed by atoms with van der Waals surface area (Å²) in [5.41, 5.74) is 3.02. The Morgan fingerprint density at radius 2 is 1.62 bits per heavy atom. The predicted molar refractivity (Wildman–Crippen MR) is 113 cm³/mol. The van der Waals surface area contributed by atoms with Gasteiger partial charge in [0.1, 0.15) is 0 Å². The SMILES string of the molecule is CC[C@@H](C(=O)Nc1ccc(-c2ccc(S(=O)(=O)CC)nn2)cc1)c1ccccc1. The number of anilines is 1. The van der Waals surface area contributed by atoms with E-state index in [0.717, 1.165) is 11.1 Å². The number of carbonyl (C=O) groups excluding carboxylic acids is 1. The van der Waals surface area contributed by atoms with Gasteiger partial charge in [0.15, 0.2) is 14.9 Å². The Balaban J connectivity index is 1.72. The zero-order valence-corrected chi connectivity index (χ0v) is 17.2. The van der Waals surface area contributed by atoms with Crippen LogP contribution in [0.1, 0.15) is 31.7 Å². The zero-order chi connectivity index (χ0) is 20.9. The number of hydrogen-bond donors (Lipinski definition) is 1. The summed E-state index contributed by atoms with van der Waals surface area (Å²) >= 11 is 0. The van der Waals surface area contributed by atoms with E-state index in [1.807, 2.05) is 49.4 Å². The van der Waals surface area contributed by atoms with Crippen molar-refractivity contribution in [1.29, 1.82) is 0 Å². The Hall–Kier alpha value is -3.06. The minimum Gasteiger partial charge on any atom is -0.326 e. The van der Waals surface area contributed by atoms with E-state index in [-0.39, 0.29) is 22.6 Å². The van der Waals surface area contributed by atoms with Crippen LogP contribution in [0, 0.1) is 0 Å². The molecular formula is C22H23N3O3S. The third kappa shape index (κ3) is 4.86. The number of hydrogen-bond acceptors (Lipinski definition) is 5. The summed E-state index contributed by atoms with van der Waals surface area (Å²) in [4.78, 5) is 12.7. The number of rotatable bonds is 7. The second-order valence-corrected chi connectivity index (χ2v) is 8.82. The molecule has 29 heavy (non-hydrogen) atoms. The smallest absolute Gasteiger partial charge is 0.231 e. The maximum atomic E-state index is 12.7. The van der Waals surface area contributed by atoms with Crippen LogP contribution in [0.25, 0.3) is 11.3 Å². The lowest BCUT2D eigenvalue weighted by Crippen LogP contribution is -2.20. The molecule has 0 radical (unpaired) electrons. The van der Waals surface area contributed by atoms with Gasteiger partial charge in [0.25, 0.3) is 0 Å². The highest BCUT2D eigenvalue weighted by Gasteiger charge is 2.18. The lowest BCUT2D eigenvalue weighted by Gasteiger charge is -2.15. The van der Waals surface area contributed by atoms with Crippen molar-refractivity contribution in [3.05, 3.63) is 72.3 Å². The van der Waals surface area contributed by atoms with Crippen LogP contribution < -0.4 is 5.32 Å². The molecule has 3 aromatic rings. The number of carbonyl (C=O) groups is 1. The monoisotopic (exact) mass is 409 g/mol. The first-order valence-corrected chi connectivity index (χ1v) is 11.1. The minimum absolute atomic E-state index is 0.0167. The summed E-state index contributed by atoms with van der Waals surface area (Å²) in [6.45, 7) is 3.56. The van der Waals surface area contributed by atoms with Crippen molar-refractivity contribution in [2.75, 3.05) is 11.1 Å². The Bertz CT molecular complexity index is 1060. The fraction of sp³-hybridized carbons (Fsp3) is 0.227. The van der Waals surface area contributed by atoms with Crippen LogP contribution >= 0.6 is 0 Å². The van der Waals surface area contributed by atoms with E-state index >= 15 is 0 Å². The topological polar surface area (TPSA) is 89.0 Å². The molecule has 0 saturated heterocycles. The molecule has 0 aliphatic rings. The van der Waals surface area contributed by atoms with Crippen LogP contribution in [0.3, 0.4) is 0 Å². The first-order chi connectivity index (χ1) is 13.9. The quantitative estimate of drug-likeness (QED) is 0.635. The second-order valence-electron chi connectivity index (χ2n) is 6.60. The number of amides is 1.